The van der Waals surface area contributed by atoms with Gasteiger partial charge in [0.1, 0.15) is 6.61 Å². The van der Waals surface area contributed by atoms with E-state index in [4.69, 9.17) is 9.84 Å². The Kier molecular flexibility index (Phi) is 3.69. The van der Waals surface area contributed by atoms with E-state index >= 15 is 0 Å². The van der Waals surface area contributed by atoms with E-state index in [1.165, 1.54) is 21.0 Å². The lowest BCUT2D eigenvalue weighted by Crippen LogP contribution is -2.37. The summed E-state index contributed by atoms with van der Waals surface area (Å²) in [6.07, 6.45) is 0. The van der Waals surface area contributed by atoms with Crippen LogP contribution in [-0.2, 0) is 19.1 Å². The number of aliphatic carboxylic acids is 1. The quantitative estimate of drug-likeness (QED) is 0.612. The molecule has 0 heterocycles. The number of hydrogen-bond donors (Lipinski definition) is 1. The minimum atomic E-state index is -1.20. The molecule has 12 heavy (non-hydrogen) atoms. The van der Waals surface area contributed by atoms with Crippen molar-refractivity contribution in [1.29, 1.82) is 0 Å². The number of methoxy groups -OCH3 is 1. The first-order chi connectivity index (χ1) is 5.40. The summed E-state index contributed by atoms with van der Waals surface area (Å²) < 4.78 is 9.16. The number of rotatable bonds is 4. The molecule has 0 aromatic heterocycles. The predicted octanol–water partition coefficient (Wildman–Crippen LogP) is 0.0392. The van der Waals surface area contributed by atoms with Crippen molar-refractivity contribution >= 4 is 11.9 Å². The molecular weight excluding hydrogens is 164 g/mol. The minimum Gasteiger partial charge on any atom is -0.480 e. The lowest BCUT2D eigenvalue weighted by atomic mass is 10.1. The topological polar surface area (TPSA) is 72.8 Å². The summed E-state index contributed by atoms with van der Waals surface area (Å²) in [5.74, 6) is -1.71. The van der Waals surface area contributed by atoms with Crippen LogP contribution in [0.2, 0.25) is 0 Å². The van der Waals surface area contributed by atoms with E-state index < -0.39 is 24.1 Å². The van der Waals surface area contributed by atoms with Crippen LogP contribution in [0.5, 0.6) is 0 Å². The SMILES string of the molecule is COC(=O)C(C)(C)OCC(=O)O. The van der Waals surface area contributed by atoms with Gasteiger partial charge >= 0.3 is 11.9 Å². The molecule has 0 aliphatic carbocycles. The van der Waals surface area contributed by atoms with Crippen molar-refractivity contribution in [3.63, 3.8) is 0 Å². The molecule has 1 N–H and O–H groups in total. The van der Waals surface area contributed by atoms with Crippen LogP contribution in [0.4, 0.5) is 0 Å². The van der Waals surface area contributed by atoms with Gasteiger partial charge in [0.15, 0.2) is 5.60 Å². The van der Waals surface area contributed by atoms with E-state index in [1.807, 2.05) is 0 Å². The van der Waals surface area contributed by atoms with Gasteiger partial charge in [-0.25, -0.2) is 9.59 Å². The van der Waals surface area contributed by atoms with Gasteiger partial charge in [-0.3, -0.25) is 0 Å². The van der Waals surface area contributed by atoms with Gasteiger partial charge in [0.05, 0.1) is 7.11 Å². The van der Waals surface area contributed by atoms with E-state index in [-0.39, 0.29) is 0 Å². The molecule has 0 aromatic rings. The number of carbonyl (C=O) groups excluding carboxylic acids is 1. The number of ether oxygens (including phenoxy) is 2. The lowest BCUT2D eigenvalue weighted by molar-refractivity contribution is -0.169. The fourth-order valence-electron chi connectivity index (χ4n) is 0.547. The number of esters is 1. The molecule has 0 saturated heterocycles. The van der Waals surface area contributed by atoms with Gasteiger partial charge in [0, 0.05) is 0 Å². The molecule has 5 nitrogen and oxygen atoms in total. The second-order valence-electron chi connectivity index (χ2n) is 2.68. The van der Waals surface area contributed by atoms with Crippen LogP contribution in [0, 0.1) is 0 Å². The molecule has 0 aliphatic rings. The Hall–Kier alpha value is -1.10. The monoisotopic (exact) mass is 176 g/mol. The van der Waals surface area contributed by atoms with Gasteiger partial charge in [0.25, 0.3) is 0 Å². The summed E-state index contributed by atoms with van der Waals surface area (Å²) in [7, 11) is 1.22. The molecule has 0 radical (unpaired) electrons. The van der Waals surface area contributed by atoms with Crippen LogP contribution < -0.4 is 0 Å². The van der Waals surface area contributed by atoms with Gasteiger partial charge < -0.3 is 14.6 Å². The molecule has 0 fully saturated rings. The highest BCUT2D eigenvalue weighted by atomic mass is 16.6. The predicted molar refractivity (Wildman–Crippen MR) is 39.7 cm³/mol. The average Bonchev–Trinajstić information content (AvgIpc) is 1.99. The van der Waals surface area contributed by atoms with Crippen LogP contribution in [0.1, 0.15) is 13.8 Å². The Balaban J connectivity index is 4.03. The highest BCUT2D eigenvalue weighted by molar-refractivity contribution is 5.79. The highest BCUT2D eigenvalue weighted by Crippen LogP contribution is 2.10. The summed E-state index contributed by atoms with van der Waals surface area (Å²) in [5, 5.41) is 8.25. The largest absolute Gasteiger partial charge is 0.480 e. The number of carboxylic acid groups (broad SMARTS) is 1. The molecular formula is C7H12O5. The second kappa shape index (κ2) is 4.06. The van der Waals surface area contributed by atoms with Crippen LogP contribution in [0.25, 0.3) is 0 Å². The zero-order valence-corrected chi connectivity index (χ0v) is 7.29. The van der Waals surface area contributed by atoms with Crippen LogP contribution in [0.3, 0.4) is 0 Å². The van der Waals surface area contributed by atoms with Crippen molar-refractivity contribution in [3.05, 3.63) is 0 Å². The van der Waals surface area contributed by atoms with Crippen LogP contribution >= 0.6 is 0 Å². The summed E-state index contributed by atoms with van der Waals surface area (Å²) in [6.45, 7) is 2.38. The summed E-state index contributed by atoms with van der Waals surface area (Å²) >= 11 is 0. The van der Waals surface area contributed by atoms with E-state index in [9.17, 15) is 9.59 Å². The van der Waals surface area contributed by atoms with Crippen molar-refractivity contribution in [2.45, 2.75) is 19.4 Å². The molecule has 0 bridgehead atoms. The molecule has 0 atom stereocenters. The Morgan fingerprint density at radius 1 is 1.42 bits per heavy atom. The average molecular weight is 176 g/mol. The van der Waals surface area contributed by atoms with Gasteiger partial charge in [-0.15, -0.1) is 0 Å². The first-order valence-electron chi connectivity index (χ1n) is 3.34. The third kappa shape index (κ3) is 3.34. The minimum absolute atomic E-state index is 0.512. The fraction of sp³-hybridized carbons (Fsp3) is 0.714. The van der Waals surface area contributed by atoms with Crippen LogP contribution in [0.15, 0.2) is 0 Å². The van der Waals surface area contributed by atoms with Gasteiger partial charge in [-0.1, -0.05) is 0 Å². The Morgan fingerprint density at radius 3 is 2.25 bits per heavy atom. The molecule has 0 amide bonds. The standard InChI is InChI=1S/C7H12O5/c1-7(2,6(10)11-3)12-4-5(8)9/h4H2,1-3H3,(H,8,9). The highest BCUT2D eigenvalue weighted by Gasteiger charge is 2.30. The number of hydrogen-bond acceptors (Lipinski definition) is 4. The van der Waals surface area contributed by atoms with Crippen molar-refractivity contribution in [2.24, 2.45) is 0 Å². The Bertz CT molecular complexity index is 184. The molecule has 0 rings (SSSR count). The number of carbonyl (C=O) groups is 2. The normalized spacial score (nSPS) is 10.9. The molecule has 0 unspecified atom stereocenters. The summed E-state index contributed by atoms with van der Waals surface area (Å²) in [4.78, 5) is 21.0. The molecule has 0 saturated carbocycles. The molecule has 0 spiro atoms. The first kappa shape index (κ1) is 10.9. The van der Waals surface area contributed by atoms with Crippen molar-refractivity contribution in [1.82, 2.24) is 0 Å². The zero-order valence-electron chi connectivity index (χ0n) is 7.29. The Morgan fingerprint density at radius 2 is 1.92 bits per heavy atom. The number of carboxylic acids is 1. The van der Waals surface area contributed by atoms with E-state index in [2.05, 4.69) is 4.74 Å². The van der Waals surface area contributed by atoms with Gasteiger partial charge in [-0.05, 0) is 13.8 Å². The zero-order chi connectivity index (χ0) is 9.78. The van der Waals surface area contributed by atoms with Gasteiger partial charge in [-0.2, -0.15) is 0 Å². The van der Waals surface area contributed by atoms with E-state index in [0.29, 0.717) is 0 Å². The third-order valence-electron chi connectivity index (χ3n) is 1.23. The summed E-state index contributed by atoms with van der Waals surface area (Å²) in [6, 6.07) is 0. The van der Waals surface area contributed by atoms with E-state index in [1.54, 1.807) is 0 Å². The molecule has 0 aliphatic heterocycles. The van der Waals surface area contributed by atoms with Crippen LogP contribution in [-0.4, -0.2) is 36.4 Å². The Labute approximate surface area is 70.3 Å². The lowest BCUT2D eigenvalue weighted by Gasteiger charge is -2.20. The second-order valence-corrected chi connectivity index (χ2v) is 2.68. The maximum Gasteiger partial charge on any atom is 0.337 e. The van der Waals surface area contributed by atoms with Crippen molar-refractivity contribution in [2.75, 3.05) is 13.7 Å². The smallest absolute Gasteiger partial charge is 0.337 e. The molecule has 0 aromatic carbocycles. The molecule has 70 valence electrons. The third-order valence-corrected chi connectivity index (χ3v) is 1.23. The fourth-order valence-corrected chi connectivity index (χ4v) is 0.547. The van der Waals surface area contributed by atoms with Crippen molar-refractivity contribution in [3.8, 4) is 0 Å². The summed E-state index contributed by atoms with van der Waals surface area (Å²) in [5.41, 5.74) is -1.20. The van der Waals surface area contributed by atoms with Crippen molar-refractivity contribution < 1.29 is 24.2 Å². The van der Waals surface area contributed by atoms with Gasteiger partial charge in [0.2, 0.25) is 0 Å². The maximum absolute atomic E-state index is 10.9. The molecule has 5 heteroatoms. The first-order valence-corrected chi connectivity index (χ1v) is 3.34. The van der Waals surface area contributed by atoms with E-state index in [0.717, 1.165) is 0 Å². The maximum atomic E-state index is 10.9.